The summed E-state index contributed by atoms with van der Waals surface area (Å²) < 4.78 is 4.96. The fraction of sp³-hybridized carbons (Fsp3) is 0.529. The second-order valence-electron chi connectivity index (χ2n) is 7.29. The Balaban J connectivity index is 1.64. The fourth-order valence-corrected chi connectivity index (χ4v) is 3.95. The van der Waals surface area contributed by atoms with E-state index >= 15 is 0 Å². The fourth-order valence-electron chi connectivity index (χ4n) is 3.95. The van der Waals surface area contributed by atoms with E-state index in [4.69, 9.17) is 4.42 Å². The lowest BCUT2D eigenvalue weighted by Crippen LogP contribution is -2.34. The minimum Gasteiger partial charge on any atom is -0.401 e. The molecule has 0 aromatic carbocycles. The molecule has 2 saturated carbocycles. The van der Waals surface area contributed by atoms with Crippen molar-refractivity contribution in [2.24, 2.45) is 21.8 Å². The molecule has 0 aliphatic heterocycles. The van der Waals surface area contributed by atoms with Gasteiger partial charge in [-0.2, -0.15) is 5.10 Å². The Morgan fingerprint density at radius 1 is 1.46 bits per heavy atom. The van der Waals surface area contributed by atoms with Crippen LogP contribution in [0.25, 0.3) is 6.08 Å². The molecule has 7 heteroatoms. The lowest BCUT2D eigenvalue weighted by atomic mass is 9.70. The first-order valence-corrected chi connectivity index (χ1v) is 8.03. The highest BCUT2D eigenvalue weighted by molar-refractivity contribution is 5.97. The summed E-state index contributed by atoms with van der Waals surface area (Å²) in [5.41, 5.74) is 3.86. The van der Waals surface area contributed by atoms with E-state index in [0.29, 0.717) is 5.92 Å². The number of nitrogens with one attached hydrogen (secondary N) is 1. The monoisotopic (exact) mass is 331 g/mol. The molecule has 1 N–H and O–H groups in total. The zero-order valence-corrected chi connectivity index (χ0v) is 14.0. The van der Waals surface area contributed by atoms with Gasteiger partial charge >= 0.3 is 5.88 Å². The largest absolute Gasteiger partial charge is 0.433 e. The lowest BCUT2D eigenvalue weighted by molar-refractivity contribution is -0.402. The summed E-state index contributed by atoms with van der Waals surface area (Å²) in [5.74, 6) is 0.132. The quantitative estimate of drug-likeness (QED) is 0.518. The minimum absolute atomic E-state index is 0.0380. The van der Waals surface area contributed by atoms with Gasteiger partial charge in [-0.15, -0.1) is 0 Å². The van der Waals surface area contributed by atoms with Crippen LogP contribution < -0.4 is 5.43 Å². The molecule has 1 aromatic rings. The van der Waals surface area contributed by atoms with Crippen molar-refractivity contribution in [1.29, 1.82) is 0 Å². The Labute approximate surface area is 139 Å². The van der Waals surface area contributed by atoms with E-state index in [1.807, 2.05) is 0 Å². The van der Waals surface area contributed by atoms with Crippen LogP contribution in [0.2, 0.25) is 0 Å². The zero-order chi connectivity index (χ0) is 17.5. The Kier molecular flexibility index (Phi) is 3.81. The average molecular weight is 331 g/mol. The van der Waals surface area contributed by atoms with E-state index in [2.05, 4.69) is 31.3 Å². The maximum absolute atomic E-state index is 11.9. The first kappa shape index (κ1) is 16.4. The first-order valence-electron chi connectivity index (χ1n) is 8.03. The summed E-state index contributed by atoms with van der Waals surface area (Å²) >= 11 is 0. The standard InChI is InChI=1S/C17H21N3O4/c1-16(2)11-8-9-17(16,3)13(10-11)18-19-14(21)6-4-12-5-7-15(24-12)20(22)23/h4-7,11H,8-10H2,1-3H3,(H,19,21)/b6-4+,18-13+/t11-,17+/m0/s1. The van der Waals surface area contributed by atoms with Gasteiger partial charge in [0.05, 0.1) is 6.07 Å². The van der Waals surface area contributed by atoms with Crippen LogP contribution in [0.3, 0.4) is 0 Å². The van der Waals surface area contributed by atoms with Gasteiger partial charge < -0.3 is 4.42 Å². The molecule has 0 saturated heterocycles. The molecule has 0 unspecified atom stereocenters. The van der Waals surface area contributed by atoms with Crippen molar-refractivity contribution in [3.63, 3.8) is 0 Å². The van der Waals surface area contributed by atoms with Crippen molar-refractivity contribution in [3.05, 3.63) is 34.1 Å². The van der Waals surface area contributed by atoms with Crippen molar-refractivity contribution in [2.45, 2.75) is 40.0 Å². The first-order chi connectivity index (χ1) is 11.2. The van der Waals surface area contributed by atoms with Crippen LogP contribution in [0.15, 0.2) is 27.7 Å². The van der Waals surface area contributed by atoms with Crippen LogP contribution >= 0.6 is 0 Å². The third kappa shape index (κ3) is 2.53. The summed E-state index contributed by atoms with van der Waals surface area (Å²) in [6.45, 7) is 6.78. The third-order valence-electron chi connectivity index (χ3n) is 6.00. The molecule has 2 bridgehead atoms. The second kappa shape index (κ2) is 5.58. The van der Waals surface area contributed by atoms with Crippen molar-refractivity contribution < 1.29 is 14.1 Å². The van der Waals surface area contributed by atoms with E-state index in [0.717, 1.165) is 18.6 Å². The number of hydrogen-bond donors (Lipinski definition) is 1. The summed E-state index contributed by atoms with van der Waals surface area (Å²) in [5, 5.41) is 14.9. The van der Waals surface area contributed by atoms with Gasteiger partial charge in [0, 0.05) is 17.2 Å². The van der Waals surface area contributed by atoms with Gasteiger partial charge in [0.15, 0.2) is 0 Å². The van der Waals surface area contributed by atoms with E-state index in [1.165, 1.54) is 30.7 Å². The van der Waals surface area contributed by atoms with Crippen molar-refractivity contribution in [1.82, 2.24) is 5.43 Å². The van der Waals surface area contributed by atoms with E-state index in [-0.39, 0.29) is 28.4 Å². The number of hydrazone groups is 1. The summed E-state index contributed by atoms with van der Waals surface area (Å²) in [7, 11) is 0. The Morgan fingerprint density at radius 2 is 2.21 bits per heavy atom. The molecular formula is C17H21N3O4. The van der Waals surface area contributed by atoms with E-state index in [9.17, 15) is 14.9 Å². The van der Waals surface area contributed by atoms with Gasteiger partial charge in [-0.25, -0.2) is 5.43 Å². The number of furan rings is 1. The minimum atomic E-state index is -0.624. The molecule has 2 atom stereocenters. The Morgan fingerprint density at radius 3 is 2.75 bits per heavy atom. The smallest absolute Gasteiger partial charge is 0.401 e. The second-order valence-corrected chi connectivity index (χ2v) is 7.29. The molecule has 128 valence electrons. The molecule has 0 spiro atoms. The highest BCUT2D eigenvalue weighted by Crippen LogP contribution is 2.63. The van der Waals surface area contributed by atoms with Crippen LogP contribution in [0.5, 0.6) is 0 Å². The van der Waals surface area contributed by atoms with Gasteiger partial charge in [0.1, 0.15) is 10.7 Å². The maximum Gasteiger partial charge on any atom is 0.433 e. The molecule has 2 aliphatic rings. The number of nitrogens with zero attached hydrogens (tertiary/aromatic N) is 2. The van der Waals surface area contributed by atoms with Gasteiger partial charge in [0.25, 0.3) is 5.91 Å². The van der Waals surface area contributed by atoms with Crippen LogP contribution in [-0.2, 0) is 4.79 Å². The molecule has 24 heavy (non-hydrogen) atoms. The number of hydrogen-bond acceptors (Lipinski definition) is 5. The Bertz CT molecular complexity index is 747. The van der Waals surface area contributed by atoms with E-state index < -0.39 is 4.92 Å². The molecule has 0 radical (unpaired) electrons. The average Bonchev–Trinajstić information content (AvgIpc) is 3.13. The Hall–Kier alpha value is -2.44. The zero-order valence-electron chi connectivity index (χ0n) is 14.0. The topological polar surface area (TPSA) is 97.7 Å². The van der Waals surface area contributed by atoms with E-state index in [1.54, 1.807) is 0 Å². The number of carbonyl (C=O) groups excluding carboxylic acids is 1. The van der Waals surface area contributed by atoms with Gasteiger partial charge in [-0.1, -0.05) is 20.8 Å². The number of nitro groups is 1. The lowest BCUT2D eigenvalue weighted by Gasteiger charge is -2.34. The maximum atomic E-state index is 11.9. The van der Waals surface area contributed by atoms with Gasteiger partial charge in [-0.05, 0) is 42.7 Å². The van der Waals surface area contributed by atoms with Crippen LogP contribution in [0, 0.1) is 26.9 Å². The van der Waals surface area contributed by atoms with Gasteiger partial charge in [-0.3, -0.25) is 14.9 Å². The predicted molar refractivity (Wildman–Crippen MR) is 89.2 cm³/mol. The van der Waals surface area contributed by atoms with Crippen LogP contribution in [0.4, 0.5) is 5.88 Å². The number of rotatable bonds is 4. The molecule has 7 nitrogen and oxygen atoms in total. The highest BCUT2D eigenvalue weighted by atomic mass is 16.6. The molecular weight excluding hydrogens is 310 g/mol. The number of fused-ring (bicyclic) bond motifs is 2. The molecule has 2 aliphatic carbocycles. The SMILES string of the molecule is CC1(C)[C@H]2CC[C@]1(C)/C(=N/NC(=O)/C=C/c1ccc([N+](=O)[O-])o1)C2. The summed E-state index contributed by atoms with van der Waals surface area (Å²) in [6.07, 6.45) is 5.89. The molecule has 3 rings (SSSR count). The highest BCUT2D eigenvalue weighted by Gasteiger charge is 2.59. The molecule has 1 heterocycles. The predicted octanol–water partition coefficient (Wildman–Crippen LogP) is 3.52. The van der Waals surface area contributed by atoms with Crippen molar-refractivity contribution >= 4 is 23.6 Å². The van der Waals surface area contributed by atoms with Crippen LogP contribution in [-0.4, -0.2) is 16.5 Å². The summed E-state index contributed by atoms with van der Waals surface area (Å²) in [6, 6.07) is 2.68. The van der Waals surface area contributed by atoms with Gasteiger partial charge in [0.2, 0.25) is 0 Å². The van der Waals surface area contributed by atoms with Crippen LogP contribution in [0.1, 0.15) is 45.8 Å². The number of carbonyl (C=O) groups is 1. The third-order valence-corrected chi connectivity index (χ3v) is 6.00. The molecule has 1 amide bonds. The normalized spacial score (nSPS) is 29.5. The van der Waals surface area contributed by atoms with Crippen molar-refractivity contribution in [3.8, 4) is 0 Å². The number of amides is 1. The van der Waals surface area contributed by atoms with Crippen molar-refractivity contribution in [2.75, 3.05) is 0 Å². The molecule has 1 aromatic heterocycles. The summed E-state index contributed by atoms with van der Waals surface area (Å²) in [4.78, 5) is 21.8. The molecule has 2 fully saturated rings.